The first-order chi connectivity index (χ1) is 15.7. The van der Waals surface area contributed by atoms with Crippen LogP contribution in [0.25, 0.3) is 21.3 Å². The number of hydrogen-bond donors (Lipinski definition) is 1. The van der Waals surface area contributed by atoms with Crippen molar-refractivity contribution >= 4 is 39.0 Å². The van der Waals surface area contributed by atoms with E-state index in [2.05, 4.69) is 37.7 Å². The molecule has 0 radical (unpaired) electrons. The van der Waals surface area contributed by atoms with Gasteiger partial charge in [-0.1, -0.05) is 41.9 Å². The number of hydrogen-bond acceptors (Lipinski definition) is 6. The van der Waals surface area contributed by atoms with Crippen LogP contribution in [0.15, 0.2) is 60.2 Å². The standard InChI is InChI=1S/C25H25ClN4OS/c1-31-22-7-3-2-6-19(22)21(30-12-4-5-13-30)14-27-24-23-20(15-32-25(23)29-16-28-24)17-8-10-18(26)11-9-17/h2-3,6-11,15-16,21H,4-5,12-14H2,1H3,(H,27,28,29)/t21-/m1/s1. The number of thiophene rings is 1. The van der Waals surface area contributed by atoms with Crippen LogP contribution >= 0.6 is 22.9 Å². The predicted molar refractivity (Wildman–Crippen MR) is 133 cm³/mol. The van der Waals surface area contributed by atoms with E-state index in [4.69, 9.17) is 16.3 Å². The summed E-state index contributed by atoms with van der Waals surface area (Å²) in [7, 11) is 1.74. The van der Waals surface area contributed by atoms with Crippen molar-refractivity contribution in [1.82, 2.24) is 14.9 Å². The second-order valence-electron chi connectivity index (χ2n) is 7.94. The molecule has 7 heteroatoms. The minimum Gasteiger partial charge on any atom is -0.496 e. The molecule has 1 atom stereocenters. The highest BCUT2D eigenvalue weighted by Gasteiger charge is 2.26. The van der Waals surface area contributed by atoms with Gasteiger partial charge in [-0.2, -0.15) is 0 Å². The minimum absolute atomic E-state index is 0.205. The van der Waals surface area contributed by atoms with Gasteiger partial charge in [0.1, 0.15) is 22.7 Å². The van der Waals surface area contributed by atoms with Crippen molar-refractivity contribution in [1.29, 1.82) is 0 Å². The summed E-state index contributed by atoms with van der Waals surface area (Å²) in [6, 6.07) is 16.4. The first kappa shape index (κ1) is 21.2. The van der Waals surface area contributed by atoms with Crippen LogP contribution in [0.3, 0.4) is 0 Å². The van der Waals surface area contributed by atoms with Crippen molar-refractivity contribution in [2.45, 2.75) is 18.9 Å². The largest absolute Gasteiger partial charge is 0.496 e. The number of nitrogens with one attached hydrogen (secondary N) is 1. The van der Waals surface area contributed by atoms with E-state index in [1.54, 1.807) is 24.8 Å². The number of aromatic nitrogens is 2. The Bertz CT molecular complexity index is 1200. The summed E-state index contributed by atoms with van der Waals surface area (Å²) < 4.78 is 5.69. The summed E-state index contributed by atoms with van der Waals surface area (Å²) in [5.41, 5.74) is 3.44. The molecule has 1 saturated heterocycles. The molecular weight excluding hydrogens is 440 g/mol. The maximum absolute atomic E-state index is 6.10. The number of halogens is 1. The Balaban J connectivity index is 1.49. The number of benzene rings is 2. The van der Waals surface area contributed by atoms with Gasteiger partial charge in [0.15, 0.2) is 0 Å². The summed E-state index contributed by atoms with van der Waals surface area (Å²) in [5, 5.41) is 7.58. The van der Waals surface area contributed by atoms with Gasteiger partial charge in [0.25, 0.3) is 0 Å². The molecule has 0 amide bonds. The van der Waals surface area contributed by atoms with Gasteiger partial charge in [-0.25, -0.2) is 9.97 Å². The third-order valence-electron chi connectivity index (χ3n) is 6.07. The Hall–Kier alpha value is -2.67. The summed E-state index contributed by atoms with van der Waals surface area (Å²) >= 11 is 7.74. The van der Waals surface area contributed by atoms with Crippen LogP contribution in [0.4, 0.5) is 5.82 Å². The molecule has 1 aliphatic rings. The molecule has 164 valence electrons. The molecule has 5 rings (SSSR count). The number of rotatable bonds is 7. The van der Waals surface area contributed by atoms with Crippen LogP contribution in [0.1, 0.15) is 24.4 Å². The van der Waals surface area contributed by atoms with Gasteiger partial charge < -0.3 is 10.1 Å². The SMILES string of the molecule is COc1ccccc1[C@@H](CNc1ncnc2scc(-c3ccc(Cl)cc3)c12)N1CCCC1. The molecule has 0 aliphatic carbocycles. The molecule has 3 heterocycles. The fraction of sp³-hybridized carbons (Fsp3) is 0.280. The fourth-order valence-electron chi connectivity index (χ4n) is 4.48. The van der Waals surface area contributed by atoms with E-state index in [1.165, 1.54) is 18.4 Å². The smallest absolute Gasteiger partial charge is 0.138 e. The number of fused-ring (bicyclic) bond motifs is 1. The molecule has 0 bridgehead atoms. The van der Waals surface area contributed by atoms with Crippen molar-refractivity contribution in [2.75, 3.05) is 32.1 Å². The third-order valence-corrected chi connectivity index (χ3v) is 7.21. The topological polar surface area (TPSA) is 50.3 Å². The lowest BCUT2D eigenvalue weighted by Crippen LogP contribution is -2.31. The van der Waals surface area contributed by atoms with Gasteiger partial charge in [-0.05, 0) is 49.7 Å². The third kappa shape index (κ3) is 4.18. The zero-order chi connectivity index (χ0) is 21.9. The normalized spacial score (nSPS) is 15.2. The van der Waals surface area contributed by atoms with Gasteiger partial charge in [-0.3, -0.25) is 4.90 Å². The molecule has 32 heavy (non-hydrogen) atoms. The second-order valence-corrected chi connectivity index (χ2v) is 9.23. The van der Waals surface area contributed by atoms with Crippen LogP contribution in [-0.2, 0) is 0 Å². The molecule has 0 unspecified atom stereocenters. The van der Waals surface area contributed by atoms with E-state index in [0.29, 0.717) is 0 Å². The summed E-state index contributed by atoms with van der Waals surface area (Å²) in [6.45, 7) is 2.93. The zero-order valence-electron chi connectivity index (χ0n) is 17.9. The van der Waals surface area contributed by atoms with Crippen molar-refractivity contribution in [2.24, 2.45) is 0 Å². The number of para-hydroxylation sites is 1. The Morgan fingerprint density at radius 2 is 1.88 bits per heavy atom. The lowest BCUT2D eigenvalue weighted by atomic mass is 10.0. The molecular formula is C25H25ClN4OS. The molecule has 1 aliphatic heterocycles. The highest BCUT2D eigenvalue weighted by molar-refractivity contribution is 7.17. The number of methoxy groups -OCH3 is 1. The van der Waals surface area contributed by atoms with Crippen molar-refractivity contribution in [3.05, 3.63) is 70.8 Å². The van der Waals surface area contributed by atoms with E-state index in [1.807, 2.05) is 36.4 Å². The molecule has 0 spiro atoms. The van der Waals surface area contributed by atoms with E-state index >= 15 is 0 Å². The number of nitrogens with zero attached hydrogens (tertiary/aromatic N) is 3. The lowest BCUT2D eigenvalue weighted by molar-refractivity contribution is 0.249. The van der Waals surface area contributed by atoms with Crippen LogP contribution in [0.5, 0.6) is 5.75 Å². The van der Waals surface area contributed by atoms with Gasteiger partial charge >= 0.3 is 0 Å². The monoisotopic (exact) mass is 464 g/mol. The van der Waals surface area contributed by atoms with E-state index < -0.39 is 0 Å². The molecule has 0 saturated carbocycles. The first-order valence-corrected chi connectivity index (χ1v) is 12.1. The second kappa shape index (κ2) is 9.45. The molecule has 2 aromatic heterocycles. The number of anilines is 1. The molecule has 5 nitrogen and oxygen atoms in total. The van der Waals surface area contributed by atoms with E-state index in [0.717, 1.165) is 57.6 Å². The van der Waals surface area contributed by atoms with Crippen LogP contribution in [-0.4, -0.2) is 41.6 Å². The average Bonchev–Trinajstić information content (AvgIpc) is 3.51. The Morgan fingerprint density at radius 1 is 1.09 bits per heavy atom. The fourth-order valence-corrected chi connectivity index (χ4v) is 5.52. The first-order valence-electron chi connectivity index (χ1n) is 10.8. The lowest BCUT2D eigenvalue weighted by Gasteiger charge is -2.29. The maximum atomic E-state index is 6.10. The molecule has 1 N–H and O–H groups in total. The van der Waals surface area contributed by atoms with E-state index in [9.17, 15) is 0 Å². The highest BCUT2D eigenvalue weighted by Crippen LogP contribution is 2.38. The van der Waals surface area contributed by atoms with Crippen LogP contribution < -0.4 is 10.1 Å². The molecule has 2 aromatic carbocycles. The number of ether oxygens (including phenoxy) is 1. The summed E-state index contributed by atoms with van der Waals surface area (Å²) in [4.78, 5) is 12.6. The predicted octanol–water partition coefficient (Wildman–Crippen LogP) is 6.27. The van der Waals surface area contributed by atoms with Gasteiger partial charge in [-0.15, -0.1) is 11.3 Å². The summed E-state index contributed by atoms with van der Waals surface area (Å²) in [5.74, 6) is 1.79. The van der Waals surface area contributed by atoms with Crippen molar-refractivity contribution < 1.29 is 4.74 Å². The van der Waals surface area contributed by atoms with Crippen LogP contribution in [0, 0.1) is 0 Å². The quantitative estimate of drug-likeness (QED) is 0.349. The van der Waals surface area contributed by atoms with Crippen molar-refractivity contribution in [3.63, 3.8) is 0 Å². The van der Waals surface area contributed by atoms with Crippen LogP contribution in [0.2, 0.25) is 5.02 Å². The minimum atomic E-state index is 0.205. The molecule has 4 aromatic rings. The Kier molecular flexibility index (Phi) is 6.26. The van der Waals surface area contributed by atoms with Gasteiger partial charge in [0.2, 0.25) is 0 Å². The van der Waals surface area contributed by atoms with Gasteiger partial charge in [0.05, 0.1) is 18.5 Å². The zero-order valence-corrected chi connectivity index (χ0v) is 19.5. The Labute approximate surface area is 197 Å². The Morgan fingerprint density at radius 3 is 2.66 bits per heavy atom. The van der Waals surface area contributed by atoms with Crippen molar-refractivity contribution in [3.8, 4) is 16.9 Å². The average molecular weight is 465 g/mol. The maximum Gasteiger partial charge on any atom is 0.138 e. The number of likely N-dealkylation sites (tertiary alicyclic amines) is 1. The van der Waals surface area contributed by atoms with E-state index in [-0.39, 0.29) is 6.04 Å². The van der Waals surface area contributed by atoms with Gasteiger partial charge in [0, 0.05) is 28.1 Å². The summed E-state index contributed by atoms with van der Waals surface area (Å²) in [6.07, 6.45) is 4.10. The molecule has 1 fully saturated rings. The highest BCUT2D eigenvalue weighted by atomic mass is 35.5.